The van der Waals surface area contributed by atoms with Crippen molar-refractivity contribution in [3.05, 3.63) is 101 Å². The van der Waals surface area contributed by atoms with E-state index in [9.17, 15) is 9.59 Å². The zero-order valence-electron chi connectivity index (χ0n) is 13.3. The van der Waals surface area contributed by atoms with Crippen LogP contribution in [0.2, 0.25) is 0 Å². The van der Waals surface area contributed by atoms with E-state index < -0.39 is 0 Å². The molecule has 0 aliphatic heterocycles. The summed E-state index contributed by atoms with van der Waals surface area (Å²) in [4.78, 5) is 25.2. The molecule has 0 spiro atoms. The normalized spacial score (nSPS) is 10.2. The van der Waals surface area contributed by atoms with E-state index in [1.54, 1.807) is 42.5 Å². The topological polar surface area (TPSA) is 46.2 Å². The summed E-state index contributed by atoms with van der Waals surface area (Å²) in [6, 6.07) is 23.4. The zero-order chi connectivity index (χ0) is 16.9. The maximum Gasteiger partial charge on any atom is 0.255 e. The molecule has 24 heavy (non-hydrogen) atoms. The van der Waals surface area contributed by atoms with E-state index in [1.807, 2.05) is 43.3 Å². The second kappa shape index (κ2) is 6.92. The highest BCUT2D eigenvalue weighted by Crippen LogP contribution is 2.22. The fraction of sp³-hybridized carbons (Fsp3) is 0.0476. The quantitative estimate of drug-likeness (QED) is 0.722. The lowest BCUT2D eigenvalue weighted by molar-refractivity contribution is 0.102. The Bertz CT molecular complexity index is 871. The summed E-state index contributed by atoms with van der Waals surface area (Å²) in [6.07, 6.45) is 0. The highest BCUT2D eigenvalue weighted by Gasteiger charge is 2.16. The minimum absolute atomic E-state index is 0.112. The largest absolute Gasteiger partial charge is 0.321 e. The Kier molecular flexibility index (Phi) is 4.52. The minimum atomic E-state index is -0.233. The van der Waals surface area contributed by atoms with Crippen molar-refractivity contribution >= 4 is 17.4 Å². The van der Waals surface area contributed by atoms with E-state index in [0.717, 1.165) is 5.56 Å². The predicted octanol–water partition coefficient (Wildman–Crippen LogP) is 4.48. The molecule has 0 bridgehead atoms. The second-order valence-electron chi connectivity index (χ2n) is 5.56. The third-order valence-electron chi connectivity index (χ3n) is 3.74. The molecule has 0 saturated carbocycles. The highest BCUT2D eigenvalue weighted by molar-refractivity contribution is 6.15. The lowest BCUT2D eigenvalue weighted by Gasteiger charge is -2.12. The number of rotatable bonds is 4. The Morgan fingerprint density at radius 1 is 0.750 bits per heavy atom. The van der Waals surface area contributed by atoms with E-state index in [4.69, 9.17) is 0 Å². The van der Waals surface area contributed by atoms with Crippen LogP contribution in [0.4, 0.5) is 5.69 Å². The van der Waals surface area contributed by atoms with Crippen molar-refractivity contribution in [3.8, 4) is 0 Å². The van der Waals surface area contributed by atoms with Gasteiger partial charge in [-0.05, 0) is 36.8 Å². The number of carbonyl (C=O) groups is 2. The maximum atomic E-state index is 12.7. The van der Waals surface area contributed by atoms with Crippen molar-refractivity contribution in [2.75, 3.05) is 5.32 Å². The van der Waals surface area contributed by atoms with Crippen LogP contribution in [0.3, 0.4) is 0 Å². The van der Waals surface area contributed by atoms with Crippen molar-refractivity contribution in [1.29, 1.82) is 0 Å². The molecule has 0 aromatic heterocycles. The molecule has 1 amide bonds. The Labute approximate surface area is 141 Å². The van der Waals surface area contributed by atoms with Gasteiger partial charge in [-0.15, -0.1) is 0 Å². The van der Waals surface area contributed by atoms with Gasteiger partial charge in [0, 0.05) is 16.7 Å². The van der Waals surface area contributed by atoms with Gasteiger partial charge in [0.1, 0.15) is 0 Å². The molecule has 3 heteroatoms. The van der Waals surface area contributed by atoms with E-state index >= 15 is 0 Å². The summed E-state index contributed by atoms with van der Waals surface area (Å²) in [5.74, 6) is -0.345. The van der Waals surface area contributed by atoms with Gasteiger partial charge in [-0.2, -0.15) is 0 Å². The first-order valence-electron chi connectivity index (χ1n) is 7.72. The Morgan fingerprint density at radius 3 is 1.96 bits per heavy atom. The van der Waals surface area contributed by atoms with Crippen molar-refractivity contribution in [2.24, 2.45) is 0 Å². The monoisotopic (exact) mass is 315 g/mol. The van der Waals surface area contributed by atoms with Gasteiger partial charge in [0.2, 0.25) is 0 Å². The molecule has 1 N–H and O–H groups in total. The number of ketones is 1. The summed E-state index contributed by atoms with van der Waals surface area (Å²) in [5.41, 5.74) is 3.13. The zero-order valence-corrected chi connectivity index (χ0v) is 13.3. The summed E-state index contributed by atoms with van der Waals surface area (Å²) >= 11 is 0. The highest BCUT2D eigenvalue weighted by atomic mass is 16.1. The standard InChI is InChI=1S/C21H17NO2/c1-15-12-13-18(20(23)16-8-4-2-5-9-16)19(14-15)22-21(24)17-10-6-3-7-11-17/h2-14H,1H3,(H,22,24). The molecule has 0 saturated heterocycles. The lowest BCUT2D eigenvalue weighted by atomic mass is 10.00. The van der Waals surface area contributed by atoms with E-state index in [1.165, 1.54) is 0 Å². The van der Waals surface area contributed by atoms with Crippen LogP contribution in [-0.2, 0) is 0 Å². The Balaban J connectivity index is 1.95. The van der Waals surface area contributed by atoms with Crippen LogP contribution in [0.5, 0.6) is 0 Å². The molecule has 0 unspecified atom stereocenters. The van der Waals surface area contributed by atoms with Gasteiger partial charge in [-0.3, -0.25) is 9.59 Å². The molecular formula is C21H17NO2. The van der Waals surface area contributed by atoms with Crippen molar-refractivity contribution in [3.63, 3.8) is 0 Å². The van der Waals surface area contributed by atoms with E-state index in [2.05, 4.69) is 5.32 Å². The van der Waals surface area contributed by atoms with Crippen LogP contribution in [0.1, 0.15) is 31.8 Å². The third-order valence-corrected chi connectivity index (χ3v) is 3.74. The van der Waals surface area contributed by atoms with E-state index in [0.29, 0.717) is 22.4 Å². The molecular weight excluding hydrogens is 298 g/mol. The van der Waals surface area contributed by atoms with Crippen LogP contribution in [0, 0.1) is 6.92 Å². The maximum absolute atomic E-state index is 12.7. The van der Waals surface area contributed by atoms with Crippen LogP contribution in [-0.4, -0.2) is 11.7 Å². The van der Waals surface area contributed by atoms with Crippen LogP contribution in [0.25, 0.3) is 0 Å². The van der Waals surface area contributed by atoms with Gasteiger partial charge in [0.25, 0.3) is 5.91 Å². The van der Waals surface area contributed by atoms with Crippen molar-refractivity contribution in [1.82, 2.24) is 0 Å². The van der Waals surface area contributed by atoms with E-state index in [-0.39, 0.29) is 11.7 Å². The molecule has 3 aromatic rings. The second-order valence-corrected chi connectivity index (χ2v) is 5.56. The average molecular weight is 315 g/mol. The summed E-state index contributed by atoms with van der Waals surface area (Å²) < 4.78 is 0. The number of nitrogens with one attached hydrogen (secondary N) is 1. The molecule has 0 aliphatic rings. The predicted molar refractivity (Wildman–Crippen MR) is 95.4 cm³/mol. The molecule has 0 atom stereocenters. The molecule has 3 aromatic carbocycles. The summed E-state index contributed by atoms with van der Waals surface area (Å²) in [7, 11) is 0. The molecule has 0 radical (unpaired) electrons. The SMILES string of the molecule is Cc1ccc(C(=O)c2ccccc2)c(NC(=O)c2ccccc2)c1. The molecule has 0 aliphatic carbocycles. The average Bonchev–Trinajstić information content (AvgIpc) is 2.63. The van der Waals surface area contributed by atoms with Gasteiger partial charge >= 0.3 is 0 Å². The first-order chi connectivity index (χ1) is 11.6. The number of aryl methyl sites for hydroxylation is 1. The van der Waals surface area contributed by atoms with Crippen molar-refractivity contribution < 1.29 is 9.59 Å². The Morgan fingerprint density at radius 2 is 1.33 bits per heavy atom. The van der Waals surface area contributed by atoms with Gasteiger partial charge in [0.15, 0.2) is 5.78 Å². The third kappa shape index (κ3) is 3.41. The first-order valence-corrected chi connectivity index (χ1v) is 7.72. The van der Waals surface area contributed by atoms with Crippen LogP contribution < -0.4 is 5.32 Å². The van der Waals surface area contributed by atoms with Gasteiger partial charge in [-0.1, -0.05) is 54.6 Å². The molecule has 118 valence electrons. The lowest BCUT2D eigenvalue weighted by Crippen LogP contribution is -2.15. The first kappa shape index (κ1) is 15.7. The van der Waals surface area contributed by atoms with Crippen molar-refractivity contribution in [2.45, 2.75) is 6.92 Å². The van der Waals surface area contributed by atoms with Gasteiger partial charge < -0.3 is 5.32 Å². The fourth-order valence-electron chi connectivity index (χ4n) is 2.49. The number of hydrogen-bond donors (Lipinski definition) is 1. The number of anilines is 1. The number of carbonyl (C=O) groups excluding carboxylic acids is 2. The fourth-order valence-corrected chi connectivity index (χ4v) is 2.49. The minimum Gasteiger partial charge on any atom is -0.321 e. The van der Waals surface area contributed by atoms with Crippen LogP contribution in [0.15, 0.2) is 78.9 Å². The van der Waals surface area contributed by atoms with Gasteiger partial charge in [-0.25, -0.2) is 0 Å². The number of benzene rings is 3. The molecule has 3 rings (SSSR count). The molecule has 0 heterocycles. The smallest absolute Gasteiger partial charge is 0.255 e. The summed E-state index contributed by atoms with van der Waals surface area (Å²) in [5, 5.41) is 2.86. The molecule has 3 nitrogen and oxygen atoms in total. The number of amides is 1. The van der Waals surface area contributed by atoms with Gasteiger partial charge in [0.05, 0.1) is 5.69 Å². The Hall–Kier alpha value is -3.20. The molecule has 0 fully saturated rings. The van der Waals surface area contributed by atoms with Crippen LogP contribution >= 0.6 is 0 Å². The number of hydrogen-bond acceptors (Lipinski definition) is 2. The summed E-state index contributed by atoms with van der Waals surface area (Å²) in [6.45, 7) is 1.93.